The first-order valence-corrected chi connectivity index (χ1v) is 35.4. The maximum atomic E-state index is 13.0. The number of carbonyl (C=O) groups is 3. The molecule has 0 aromatic rings. The van der Waals surface area contributed by atoms with E-state index in [2.05, 4.69) is 93.7 Å². The minimum absolute atomic E-state index is 0.0790. The molecule has 1 unspecified atom stereocenters. The highest BCUT2D eigenvalue weighted by Gasteiger charge is 2.19. The number of carbonyl (C=O) groups excluding carboxylic acids is 3. The molecule has 0 bridgehead atoms. The zero-order valence-electron chi connectivity index (χ0n) is 54.1. The zero-order chi connectivity index (χ0) is 58.5. The molecule has 0 rings (SSSR count). The van der Waals surface area contributed by atoms with E-state index in [1.807, 2.05) is 0 Å². The summed E-state index contributed by atoms with van der Waals surface area (Å²) in [6.07, 6.45) is 90.7. The van der Waals surface area contributed by atoms with Gasteiger partial charge in [0, 0.05) is 19.3 Å². The van der Waals surface area contributed by atoms with E-state index in [0.29, 0.717) is 19.3 Å². The van der Waals surface area contributed by atoms with Gasteiger partial charge < -0.3 is 14.2 Å². The van der Waals surface area contributed by atoms with Gasteiger partial charge in [-0.1, -0.05) is 331 Å². The van der Waals surface area contributed by atoms with E-state index in [1.54, 1.807) is 0 Å². The summed E-state index contributed by atoms with van der Waals surface area (Å²) in [5.74, 6) is -0.877. The van der Waals surface area contributed by atoms with Crippen LogP contribution in [0, 0.1) is 0 Å². The Kier molecular flexibility index (Phi) is 66.6. The minimum atomic E-state index is -0.786. The van der Waals surface area contributed by atoms with E-state index in [4.69, 9.17) is 14.2 Å². The van der Waals surface area contributed by atoms with Crippen LogP contribution in [0.2, 0.25) is 0 Å². The number of hydrogen-bond acceptors (Lipinski definition) is 6. The number of ether oxygens (including phenoxy) is 3. The predicted octanol–water partition coefficient (Wildman–Crippen LogP) is 24.4. The molecule has 0 aliphatic heterocycles. The first-order valence-electron chi connectivity index (χ1n) is 35.4. The molecule has 0 aliphatic carbocycles. The quantitative estimate of drug-likeness (QED) is 0.0261. The normalized spacial score (nSPS) is 12.5. The van der Waals surface area contributed by atoms with Gasteiger partial charge in [0.2, 0.25) is 0 Å². The molecule has 0 radical (unpaired) electrons. The molecule has 0 saturated carbocycles. The molecule has 0 heterocycles. The Morgan fingerprint density at radius 1 is 0.259 bits per heavy atom. The SMILES string of the molecule is CC/C=C\C/C=C\C/C=C\C/C=C\C/C=C\CCCCCCCCCC(=O)OC(COC(=O)CCCCCCC/C=C\CCCCCCCC)COC(=O)CCCCCCCCCCCCCCCCCCCCCCCCCCC. The van der Waals surface area contributed by atoms with E-state index in [0.717, 1.165) is 103 Å². The van der Waals surface area contributed by atoms with Crippen molar-refractivity contribution < 1.29 is 28.6 Å². The second-order valence-corrected chi connectivity index (χ2v) is 23.8. The monoisotopic (exact) mass is 1130 g/mol. The lowest BCUT2D eigenvalue weighted by Gasteiger charge is -2.18. The van der Waals surface area contributed by atoms with Crippen molar-refractivity contribution in [2.75, 3.05) is 13.2 Å². The summed E-state index contributed by atoms with van der Waals surface area (Å²) in [7, 11) is 0. The minimum Gasteiger partial charge on any atom is -0.462 e. The molecular weight excluding hydrogens is 997 g/mol. The van der Waals surface area contributed by atoms with Crippen LogP contribution in [0.4, 0.5) is 0 Å². The van der Waals surface area contributed by atoms with Gasteiger partial charge in [0.15, 0.2) is 6.10 Å². The summed E-state index contributed by atoms with van der Waals surface area (Å²) in [4.78, 5) is 38.5. The predicted molar refractivity (Wildman–Crippen MR) is 353 cm³/mol. The van der Waals surface area contributed by atoms with Crippen molar-refractivity contribution in [1.82, 2.24) is 0 Å². The van der Waals surface area contributed by atoms with Gasteiger partial charge in [-0.05, 0) is 89.9 Å². The lowest BCUT2D eigenvalue weighted by Crippen LogP contribution is -2.30. The number of esters is 3. The number of hydrogen-bond donors (Lipinski definition) is 0. The van der Waals surface area contributed by atoms with E-state index in [-0.39, 0.29) is 31.1 Å². The topological polar surface area (TPSA) is 78.9 Å². The van der Waals surface area contributed by atoms with E-state index in [1.165, 1.54) is 225 Å². The highest BCUT2D eigenvalue weighted by molar-refractivity contribution is 5.71. The van der Waals surface area contributed by atoms with Crippen molar-refractivity contribution in [1.29, 1.82) is 0 Å². The summed E-state index contributed by atoms with van der Waals surface area (Å²) < 4.78 is 17.0. The van der Waals surface area contributed by atoms with Gasteiger partial charge in [-0.2, -0.15) is 0 Å². The second kappa shape index (κ2) is 69.3. The van der Waals surface area contributed by atoms with Crippen LogP contribution in [0.3, 0.4) is 0 Å². The molecule has 0 amide bonds. The number of rotatable bonds is 65. The third kappa shape index (κ3) is 67.5. The fraction of sp³-hybridized carbons (Fsp3) is 0.800. The lowest BCUT2D eigenvalue weighted by atomic mass is 10.0. The fourth-order valence-electron chi connectivity index (χ4n) is 10.4. The van der Waals surface area contributed by atoms with Crippen molar-refractivity contribution >= 4 is 17.9 Å². The Bertz CT molecular complexity index is 1490. The van der Waals surface area contributed by atoms with Crippen LogP contribution >= 0.6 is 0 Å². The Hall–Kier alpha value is -3.15. The Morgan fingerprint density at radius 3 is 0.765 bits per heavy atom. The first kappa shape index (κ1) is 77.9. The van der Waals surface area contributed by atoms with Crippen molar-refractivity contribution in [2.24, 2.45) is 0 Å². The maximum absolute atomic E-state index is 13.0. The molecule has 0 fully saturated rings. The van der Waals surface area contributed by atoms with E-state index < -0.39 is 6.10 Å². The Labute approximate surface area is 503 Å². The molecule has 0 N–H and O–H groups in total. The molecule has 0 aromatic carbocycles. The zero-order valence-corrected chi connectivity index (χ0v) is 54.1. The standard InChI is InChI=1S/C75H134O6/c1-4-7-10-13-16-19-22-25-28-30-32-34-36-37-39-40-42-44-47-50-53-56-59-62-65-68-74(77)80-71-72(70-79-73(76)67-64-61-58-55-52-49-46-27-24-21-18-15-12-9-6-3)81-75(78)69-66-63-60-57-54-51-48-45-43-41-38-35-33-31-29-26-23-20-17-14-11-8-5-2/h8,11,17,20,26-27,29,33,35,41,43,46,72H,4-7,9-10,12-16,18-19,21-25,28,30-32,34,36-40,42,44-45,47-71H2,1-3H3/b11-8-,20-17-,29-26-,35-33-,43-41-,46-27-. The molecule has 0 aromatic heterocycles. The van der Waals surface area contributed by atoms with Crippen LogP contribution in [0.5, 0.6) is 0 Å². The van der Waals surface area contributed by atoms with Gasteiger partial charge in [-0.3, -0.25) is 14.4 Å². The first-order chi connectivity index (χ1) is 40.0. The summed E-state index contributed by atoms with van der Waals surface area (Å²) in [5.41, 5.74) is 0. The molecule has 0 aliphatic rings. The fourth-order valence-corrected chi connectivity index (χ4v) is 10.4. The van der Waals surface area contributed by atoms with E-state index >= 15 is 0 Å². The summed E-state index contributed by atoms with van der Waals surface area (Å²) in [6.45, 7) is 6.57. The molecule has 6 heteroatoms. The lowest BCUT2D eigenvalue weighted by molar-refractivity contribution is -0.167. The molecule has 6 nitrogen and oxygen atoms in total. The van der Waals surface area contributed by atoms with Gasteiger partial charge in [0.1, 0.15) is 13.2 Å². The Morgan fingerprint density at radius 2 is 0.481 bits per heavy atom. The van der Waals surface area contributed by atoms with Crippen LogP contribution in [0.25, 0.3) is 0 Å². The second-order valence-electron chi connectivity index (χ2n) is 23.8. The van der Waals surface area contributed by atoms with Gasteiger partial charge in [0.05, 0.1) is 0 Å². The van der Waals surface area contributed by atoms with Gasteiger partial charge >= 0.3 is 17.9 Å². The van der Waals surface area contributed by atoms with Gasteiger partial charge in [-0.15, -0.1) is 0 Å². The van der Waals surface area contributed by atoms with Gasteiger partial charge in [0.25, 0.3) is 0 Å². The molecular formula is C75H134O6. The number of allylic oxidation sites excluding steroid dienone is 12. The van der Waals surface area contributed by atoms with E-state index in [9.17, 15) is 14.4 Å². The molecule has 0 spiro atoms. The molecule has 0 saturated heterocycles. The smallest absolute Gasteiger partial charge is 0.306 e. The summed E-state index contributed by atoms with van der Waals surface area (Å²) in [6, 6.07) is 0. The highest BCUT2D eigenvalue weighted by atomic mass is 16.6. The molecule has 470 valence electrons. The van der Waals surface area contributed by atoms with Crippen molar-refractivity contribution in [2.45, 2.75) is 374 Å². The number of unbranched alkanes of at least 4 members (excludes halogenated alkanes) is 42. The third-order valence-corrected chi connectivity index (χ3v) is 15.7. The Balaban J connectivity index is 4.32. The largest absolute Gasteiger partial charge is 0.462 e. The maximum Gasteiger partial charge on any atom is 0.306 e. The summed E-state index contributed by atoms with van der Waals surface area (Å²) >= 11 is 0. The van der Waals surface area contributed by atoms with Crippen molar-refractivity contribution in [3.8, 4) is 0 Å². The molecule has 1 atom stereocenters. The third-order valence-electron chi connectivity index (χ3n) is 15.7. The highest BCUT2D eigenvalue weighted by Crippen LogP contribution is 2.18. The van der Waals surface area contributed by atoms with Crippen molar-refractivity contribution in [3.05, 3.63) is 72.9 Å². The van der Waals surface area contributed by atoms with Crippen molar-refractivity contribution in [3.63, 3.8) is 0 Å². The van der Waals surface area contributed by atoms with Crippen LogP contribution < -0.4 is 0 Å². The van der Waals surface area contributed by atoms with Crippen LogP contribution in [0.15, 0.2) is 72.9 Å². The summed E-state index contributed by atoms with van der Waals surface area (Å²) in [5, 5.41) is 0. The van der Waals surface area contributed by atoms with Crippen LogP contribution in [-0.2, 0) is 28.6 Å². The average Bonchev–Trinajstić information content (AvgIpc) is 3.47. The van der Waals surface area contributed by atoms with Crippen LogP contribution in [-0.4, -0.2) is 37.2 Å². The van der Waals surface area contributed by atoms with Crippen LogP contribution in [0.1, 0.15) is 367 Å². The molecule has 81 heavy (non-hydrogen) atoms. The average molecular weight is 1130 g/mol. The van der Waals surface area contributed by atoms with Gasteiger partial charge in [-0.25, -0.2) is 0 Å².